The van der Waals surface area contributed by atoms with Crippen LogP contribution >= 0.6 is 0 Å². The van der Waals surface area contributed by atoms with Gasteiger partial charge in [0.05, 0.1) is 5.52 Å². The second-order valence-corrected chi connectivity index (χ2v) is 3.36. The van der Waals surface area contributed by atoms with Crippen molar-refractivity contribution in [3.05, 3.63) is 54.7 Å². The minimum Gasteiger partial charge on any atom is -0.256 e. The van der Waals surface area contributed by atoms with Crippen LogP contribution < -0.4 is 0 Å². The zero-order valence-electron chi connectivity index (χ0n) is 7.98. The first kappa shape index (κ1) is 10.3. The number of nitrogens with zero attached hydrogens (tertiary/aromatic N) is 1. The zero-order chi connectivity index (χ0) is 9.38. The van der Waals surface area contributed by atoms with Crippen LogP contribution in [0.25, 0.3) is 21.7 Å². The Hall–Kier alpha value is -1.24. The van der Waals surface area contributed by atoms with E-state index in [1.807, 2.05) is 24.4 Å². The third kappa shape index (κ3) is 1.67. The number of benzene rings is 2. The van der Waals surface area contributed by atoms with Crippen molar-refractivity contribution in [1.82, 2.24) is 4.98 Å². The third-order valence-corrected chi connectivity index (χ3v) is 2.50. The number of pyridine rings is 1. The number of para-hydroxylation sites is 1. The summed E-state index contributed by atoms with van der Waals surface area (Å²) in [7, 11) is 0. The van der Waals surface area contributed by atoms with Gasteiger partial charge in [-0.05, 0) is 11.5 Å². The summed E-state index contributed by atoms with van der Waals surface area (Å²) in [5.41, 5.74) is 1.06. The SMILES string of the molecule is [Ir].c1ccc2c(c1)cnc1ccccc12. The van der Waals surface area contributed by atoms with E-state index < -0.39 is 0 Å². The summed E-state index contributed by atoms with van der Waals surface area (Å²) >= 11 is 0. The van der Waals surface area contributed by atoms with Gasteiger partial charge in [-0.1, -0.05) is 42.5 Å². The van der Waals surface area contributed by atoms with E-state index in [1.165, 1.54) is 16.2 Å². The second-order valence-electron chi connectivity index (χ2n) is 3.36. The maximum absolute atomic E-state index is 4.41. The Balaban J connectivity index is 0.000000853. The molecule has 0 saturated carbocycles. The van der Waals surface area contributed by atoms with Crippen LogP contribution in [0, 0.1) is 0 Å². The van der Waals surface area contributed by atoms with Crippen LogP contribution in [-0.4, -0.2) is 4.98 Å². The first-order valence-electron chi connectivity index (χ1n) is 4.68. The predicted molar refractivity (Wildman–Crippen MR) is 59.2 cm³/mol. The number of hydrogen-bond donors (Lipinski definition) is 0. The van der Waals surface area contributed by atoms with Crippen molar-refractivity contribution in [2.45, 2.75) is 0 Å². The molecule has 0 bridgehead atoms. The molecule has 1 aromatic heterocycles. The van der Waals surface area contributed by atoms with Gasteiger partial charge in [0.15, 0.2) is 0 Å². The van der Waals surface area contributed by atoms with Gasteiger partial charge in [-0.2, -0.15) is 0 Å². The fraction of sp³-hybridized carbons (Fsp3) is 0. The van der Waals surface area contributed by atoms with Crippen molar-refractivity contribution >= 4 is 21.7 Å². The van der Waals surface area contributed by atoms with Gasteiger partial charge in [-0.15, -0.1) is 0 Å². The minimum absolute atomic E-state index is 0. The van der Waals surface area contributed by atoms with Crippen LogP contribution in [-0.2, 0) is 20.1 Å². The maximum atomic E-state index is 4.41. The van der Waals surface area contributed by atoms with E-state index in [0.29, 0.717) is 0 Å². The Morgan fingerprint density at radius 2 is 1.40 bits per heavy atom. The van der Waals surface area contributed by atoms with Gasteiger partial charge in [-0.25, -0.2) is 0 Å². The number of rotatable bonds is 0. The van der Waals surface area contributed by atoms with Crippen molar-refractivity contribution in [3.8, 4) is 0 Å². The molecule has 0 amide bonds. The van der Waals surface area contributed by atoms with E-state index in [0.717, 1.165) is 5.52 Å². The van der Waals surface area contributed by atoms with Crippen LogP contribution in [0.2, 0.25) is 0 Å². The van der Waals surface area contributed by atoms with Gasteiger partial charge in [-0.3, -0.25) is 4.98 Å². The van der Waals surface area contributed by atoms with Crippen LogP contribution in [0.3, 0.4) is 0 Å². The molecule has 0 saturated heterocycles. The van der Waals surface area contributed by atoms with Gasteiger partial charge >= 0.3 is 0 Å². The predicted octanol–water partition coefficient (Wildman–Crippen LogP) is 3.39. The number of aromatic nitrogens is 1. The Kier molecular flexibility index (Phi) is 2.81. The van der Waals surface area contributed by atoms with Crippen LogP contribution in [0.5, 0.6) is 0 Å². The third-order valence-electron chi connectivity index (χ3n) is 2.50. The van der Waals surface area contributed by atoms with Crippen molar-refractivity contribution < 1.29 is 20.1 Å². The van der Waals surface area contributed by atoms with E-state index in [9.17, 15) is 0 Å². The van der Waals surface area contributed by atoms with Crippen molar-refractivity contribution in [2.75, 3.05) is 0 Å². The first-order chi connectivity index (χ1) is 6.95. The molecule has 1 heterocycles. The first-order valence-corrected chi connectivity index (χ1v) is 4.68. The molecule has 75 valence electrons. The molecule has 1 nitrogen and oxygen atoms in total. The fourth-order valence-electron chi connectivity index (χ4n) is 1.81. The summed E-state index contributed by atoms with van der Waals surface area (Å²) < 4.78 is 0. The molecule has 3 rings (SSSR count). The molecule has 2 aromatic carbocycles. The van der Waals surface area contributed by atoms with Crippen molar-refractivity contribution in [1.29, 1.82) is 0 Å². The van der Waals surface area contributed by atoms with E-state index >= 15 is 0 Å². The molecule has 2 heteroatoms. The molecule has 0 spiro atoms. The fourth-order valence-corrected chi connectivity index (χ4v) is 1.81. The Labute approximate surface area is 101 Å². The molecule has 0 aliphatic heterocycles. The molecule has 1 radical (unpaired) electrons. The van der Waals surface area contributed by atoms with E-state index in [1.54, 1.807) is 0 Å². The average Bonchev–Trinajstić information content (AvgIpc) is 2.29. The second kappa shape index (κ2) is 4.09. The van der Waals surface area contributed by atoms with E-state index in [4.69, 9.17) is 0 Å². The van der Waals surface area contributed by atoms with Gasteiger partial charge in [0, 0.05) is 37.1 Å². The van der Waals surface area contributed by atoms with Crippen LogP contribution in [0.4, 0.5) is 0 Å². The Bertz CT molecular complexity index is 550. The quantitative estimate of drug-likeness (QED) is 0.552. The summed E-state index contributed by atoms with van der Waals surface area (Å²) in [6, 6.07) is 16.6. The molecular formula is C13H9IrN. The summed E-state index contributed by atoms with van der Waals surface area (Å²) in [5.74, 6) is 0. The summed E-state index contributed by atoms with van der Waals surface area (Å²) in [6.45, 7) is 0. The standard InChI is InChI=1S/C13H9N.Ir/c1-2-6-11-10(5-1)9-14-13-8-4-3-7-12(11)13;/h1-9H;. The summed E-state index contributed by atoms with van der Waals surface area (Å²) in [6.07, 6.45) is 1.93. The summed E-state index contributed by atoms with van der Waals surface area (Å²) in [4.78, 5) is 4.41. The molecule has 0 atom stereocenters. The van der Waals surface area contributed by atoms with Crippen molar-refractivity contribution in [2.24, 2.45) is 0 Å². The largest absolute Gasteiger partial charge is 0.256 e. The van der Waals surface area contributed by atoms with E-state index in [-0.39, 0.29) is 20.1 Å². The molecular weight excluding hydrogens is 362 g/mol. The Morgan fingerprint density at radius 3 is 2.27 bits per heavy atom. The van der Waals surface area contributed by atoms with E-state index in [2.05, 4.69) is 35.3 Å². The zero-order valence-corrected chi connectivity index (χ0v) is 10.4. The number of hydrogen-bond acceptors (Lipinski definition) is 1. The molecule has 3 aromatic rings. The normalized spacial score (nSPS) is 10.1. The average molecular weight is 371 g/mol. The minimum atomic E-state index is 0. The van der Waals surface area contributed by atoms with Gasteiger partial charge in [0.1, 0.15) is 0 Å². The molecule has 0 fully saturated rings. The Morgan fingerprint density at radius 1 is 0.733 bits per heavy atom. The maximum Gasteiger partial charge on any atom is 0.0708 e. The molecule has 0 aliphatic carbocycles. The van der Waals surface area contributed by atoms with Crippen LogP contribution in [0.1, 0.15) is 0 Å². The molecule has 0 aliphatic rings. The molecule has 0 unspecified atom stereocenters. The van der Waals surface area contributed by atoms with Crippen LogP contribution in [0.15, 0.2) is 54.7 Å². The summed E-state index contributed by atoms with van der Waals surface area (Å²) in [5, 5.41) is 3.70. The smallest absolute Gasteiger partial charge is 0.0708 e. The van der Waals surface area contributed by atoms with Gasteiger partial charge in [0.2, 0.25) is 0 Å². The van der Waals surface area contributed by atoms with Crippen molar-refractivity contribution in [3.63, 3.8) is 0 Å². The van der Waals surface area contributed by atoms with Gasteiger partial charge in [0.25, 0.3) is 0 Å². The topological polar surface area (TPSA) is 12.9 Å². The molecule has 15 heavy (non-hydrogen) atoms. The number of fused-ring (bicyclic) bond motifs is 3. The van der Waals surface area contributed by atoms with Gasteiger partial charge < -0.3 is 0 Å². The molecule has 0 N–H and O–H groups in total. The monoisotopic (exact) mass is 372 g/mol.